The van der Waals surface area contributed by atoms with E-state index < -0.39 is 0 Å². The summed E-state index contributed by atoms with van der Waals surface area (Å²) in [4.78, 5) is 13.8. The van der Waals surface area contributed by atoms with Gasteiger partial charge in [0.25, 0.3) is 0 Å². The number of rotatable bonds is 5. The standard InChI is InChI=1S/C13H16BrN5O/c1-18(7-10-4-2-3-5-12(10)14)13(20)9-19-8-11(6-15)16-17-19/h2-5,8H,6-7,9,15H2,1H3. The molecule has 0 aliphatic heterocycles. The lowest BCUT2D eigenvalue weighted by Gasteiger charge is -2.17. The molecular weight excluding hydrogens is 322 g/mol. The van der Waals surface area contributed by atoms with Gasteiger partial charge in [-0.25, -0.2) is 4.68 Å². The van der Waals surface area contributed by atoms with Crippen molar-refractivity contribution in [3.63, 3.8) is 0 Å². The molecule has 0 atom stereocenters. The summed E-state index contributed by atoms with van der Waals surface area (Å²) in [6, 6.07) is 7.83. The van der Waals surface area contributed by atoms with Crippen LogP contribution in [0.15, 0.2) is 34.9 Å². The number of nitrogens with zero attached hydrogens (tertiary/aromatic N) is 4. The minimum atomic E-state index is -0.0331. The highest BCUT2D eigenvalue weighted by Crippen LogP contribution is 2.17. The molecule has 1 heterocycles. The highest BCUT2D eigenvalue weighted by Gasteiger charge is 2.12. The van der Waals surface area contributed by atoms with Crippen molar-refractivity contribution in [2.24, 2.45) is 5.73 Å². The van der Waals surface area contributed by atoms with Crippen LogP contribution < -0.4 is 5.73 Å². The summed E-state index contributed by atoms with van der Waals surface area (Å²) in [5.41, 5.74) is 7.19. The third-order valence-electron chi connectivity index (χ3n) is 2.88. The largest absolute Gasteiger partial charge is 0.340 e. The lowest BCUT2D eigenvalue weighted by Crippen LogP contribution is -2.30. The molecule has 1 aromatic carbocycles. The first-order valence-electron chi connectivity index (χ1n) is 6.16. The molecule has 2 N–H and O–H groups in total. The molecule has 2 rings (SSSR count). The van der Waals surface area contributed by atoms with E-state index in [2.05, 4.69) is 26.2 Å². The number of hydrogen-bond acceptors (Lipinski definition) is 4. The molecule has 7 heteroatoms. The van der Waals surface area contributed by atoms with E-state index in [1.165, 1.54) is 4.68 Å². The van der Waals surface area contributed by atoms with Crippen molar-refractivity contribution in [2.45, 2.75) is 19.6 Å². The first-order valence-corrected chi connectivity index (χ1v) is 6.96. The third kappa shape index (κ3) is 3.64. The van der Waals surface area contributed by atoms with Crippen LogP contribution in [-0.4, -0.2) is 32.8 Å². The van der Waals surface area contributed by atoms with Crippen molar-refractivity contribution in [1.82, 2.24) is 19.9 Å². The highest BCUT2D eigenvalue weighted by atomic mass is 79.9. The maximum Gasteiger partial charge on any atom is 0.244 e. The summed E-state index contributed by atoms with van der Waals surface area (Å²) in [6.45, 7) is 1.02. The van der Waals surface area contributed by atoms with Crippen molar-refractivity contribution in [1.29, 1.82) is 0 Å². The highest BCUT2D eigenvalue weighted by molar-refractivity contribution is 9.10. The summed E-state index contributed by atoms with van der Waals surface area (Å²) in [5, 5.41) is 7.72. The summed E-state index contributed by atoms with van der Waals surface area (Å²) in [5.74, 6) is -0.0331. The fraction of sp³-hybridized carbons (Fsp3) is 0.308. The zero-order chi connectivity index (χ0) is 14.5. The van der Waals surface area contributed by atoms with Crippen molar-refractivity contribution in [3.05, 3.63) is 46.2 Å². The number of carbonyl (C=O) groups is 1. The van der Waals surface area contributed by atoms with Crippen LogP contribution in [0, 0.1) is 0 Å². The summed E-state index contributed by atoms with van der Waals surface area (Å²) >= 11 is 3.47. The maximum absolute atomic E-state index is 12.1. The molecule has 1 aromatic heterocycles. The fourth-order valence-corrected chi connectivity index (χ4v) is 2.15. The van der Waals surface area contributed by atoms with E-state index in [0.29, 0.717) is 18.8 Å². The van der Waals surface area contributed by atoms with Gasteiger partial charge in [-0.3, -0.25) is 4.79 Å². The molecule has 0 radical (unpaired) electrons. The number of amides is 1. The quantitative estimate of drug-likeness (QED) is 0.888. The first-order chi connectivity index (χ1) is 9.60. The van der Waals surface area contributed by atoms with Gasteiger partial charge in [0.2, 0.25) is 5.91 Å². The Balaban J connectivity index is 1.97. The Bertz CT molecular complexity index is 598. The second-order valence-corrected chi connectivity index (χ2v) is 5.31. The molecule has 0 aliphatic rings. The number of nitrogens with two attached hydrogens (primary N) is 1. The van der Waals surface area contributed by atoms with E-state index in [-0.39, 0.29) is 12.5 Å². The molecule has 106 valence electrons. The van der Waals surface area contributed by atoms with Gasteiger partial charge >= 0.3 is 0 Å². The van der Waals surface area contributed by atoms with E-state index in [1.54, 1.807) is 18.1 Å². The number of benzene rings is 1. The Labute approximate surface area is 125 Å². The van der Waals surface area contributed by atoms with Gasteiger partial charge in [0.05, 0.1) is 11.9 Å². The van der Waals surface area contributed by atoms with Gasteiger partial charge in [-0.1, -0.05) is 39.3 Å². The van der Waals surface area contributed by atoms with E-state index in [1.807, 2.05) is 24.3 Å². The number of halogens is 1. The molecule has 0 unspecified atom stereocenters. The molecule has 0 saturated heterocycles. The number of carbonyl (C=O) groups excluding carboxylic acids is 1. The second kappa shape index (κ2) is 6.62. The van der Waals surface area contributed by atoms with Gasteiger partial charge in [-0.2, -0.15) is 0 Å². The van der Waals surface area contributed by atoms with Crippen molar-refractivity contribution in [2.75, 3.05) is 7.05 Å². The first kappa shape index (κ1) is 14.7. The minimum absolute atomic E-state index is 0.0331. The third-order valence-corrected chi connectivity index (χ3v) is 3.66. The van der Waals surface area contributed by atoms with Crippen molar-refractivity contribution in [3.8, 4) is 0 Å². The van der Waals surface area contributed by atoms with Crippen LogP contribution in [0.1, 0.15) is 11.3 Å². The Kier molecular flexibility index (Phi) is 4.86. The minimum Gasteiger partial charge on any atom is -0.340 e. The molecule has 0 spiro atoms. The second-order valence-electron chi connectivity index (χ2n) is 4.45. The van der Waals surface area contributed by atoms with Crippen molar-refractivity contribution < 1.29 is 4.79 Å². The Hall–Kier alpha value is -1.73. The van der Waals surface area contributed by atoms with E-state index in [9.17, 15) is 4.79 Å². The van der Waals surface area contributed by atoms with Gasteiger partial charge in [0.1, 0.15) is 6.54 Å². The Morgan fingerprint density at radius 1 is 1.45 bits per heavy atom. The van der Waals surface area contributed by atoms with E-state index >= 15 is 0 Å². The number of aromatic nitrogens is 3. The van der Waals surface area contributed by atoms with Gasteiger partial charge in [-0.15, -0.1) is 5.10 Å². The van der Waals surface area contributed by atoms with Crippen LogP contribution in [0.4, 0.5) is 0 Å². The van der Waals surface area contributed by atoms with Crippen LogP contribution in [0.25, 0.3) is 0 Å². The van der Waals surface area contributed by atoms with Gasteiger partial charge in [0, 0.05) is 24.6 Å². The lowest BCUT2D eigenvalue weighted by atomic mass is 10.2. The van der Waals surface area contributed by atoms with Crippen LogP contribution in [0.3, 0.4) is 0 Å². The molecular formula is C13H16BrN5O. The average Bonchev–Trinajstić information content (AvgIpc) is 2.89. The molecule has 0 saturated carbocycles. The van der Waals surface area contributed by atoms with E-state index in [0.717, 1.165) is 10.0 Å². The topological polar surface area (TPSA) is 77.0 Å². The van der Waals surface area contributed by atoms with E-state index in [4.69, 9.17) is 5.73 Å². The van der Waals surface area contributed by atoms with Crippen LogP contribution >= 0.6 is 15.9 Å². The molecule has 6 nitrogen and oxygen atoms in total. The van der Waals surface area contributed by atoms with Gasteiger partial charge in [-0.05, 0) is 11.6 Å². The number of hydrogen-bond donors (Lipinski definition) is 1. The zero-order valence-electron chi connectivity index (χ0n) is 11.2. The van der Waals surface area contributed by atoms with Gasteiger partial charge < -0.3 is 10.6 Å². The molecule has 2 aromatic rings. The molecule has 20 heavy (non-hydrogen) atoms. The van der Waals surface area contributed by atoms with Crippen LogP contribution in [-0.2, 0) is 24.4 Å². The zero-order valence-corrected chi connectivity index (χ0v) is 12.7. The fourth-order valence-electron chi connectivity index (χ4n) is 1.74. The van der Waals surface area contributed by atoms with Gasteiger partial charge in [0.15, 0.2) is 0 Å². The Morgan fingerprint density at radius 2 is 2.20 bits per heavy atom. The smallest absolute Gasteiger partial charge is 0.244 e. The lowest BCUT2D eigenvalue weighted by molar-refractivity contribution is -0.131. The summed E-state index contributed by atoms with van der Waals surface area (Å²) < 4.78 is 2.49. The number of likely N-dealkylation sites (N-methyl/N-ethyl adjacent to an activating group) is 1. The molecule has 0 aliphatic carbocycles. The molecule has 1 amide bonds. The molecule has 0 bridgehead atoms. The monoisotopic (exact) mass is 337 g/mol. The predicted molar refractivity (Wildman–Crippen MR) is 78.5 cm³/mol. The maximum atomic E-state index is 12.1. The summed E-state index contributed by atoms with van der Waals surface area (Å²) in [7, 11) is 1.77. The van der Waals surface area contributed by atoms with Crippen LogP contribution in [0.5, 0.6) is 0 Å². The van der Waals surface area contributed by atoms with Crippen molar-refractivity contribution >= 4 is 21.8 Å². The average molecular weight is 338 g/mol. The molecule has 0 fully saturated rings. The normalized spacial score (nSPS) is 10.6. The SMILES string of the molecule is CN(Cc1ccccc1Br)C(=O)Cn1cc(CN)nn1. The van der Waals surface area contributed by atoms with Crippen LogP contribution in [0.2, 0.25) is 0 Å². The Morgan fingerprint density at radius 3 is 2.85 bits per heavy atom. The summed E-state index contributed by atoms with van der Waals surface area (Å²) in [6.07, 6.45) is 1.68. The predicted octanol–water partition coefficient (Wildman–Crippen LogP) is 1.16.